The molecule has 0 spiro atoms. The summed E-state index contributed by atoms with van der Waals surface area (Å²) >= 11 is 0. The van der Waals surface area contributed by atoms with Gasteiger partial charge in [0.25, 0.3) is 0 Å². The zero-order valence-corrected chi connectivity index (χ0v) is 18.8. The highest BCUT2D eigenvalue weighted by atomic mass is 15.2. The first kappa shape index (κ1) is 18.6. The lowest BCUT2D eigenvalue weighted by Gasteiger charge is -2.07. The van der Waals surface area contributed by atoms with Crippen LogP contribution in [0.4, 0.5) is 0 Å². The Morgan fingerprint density at radius 3 is 2.34 bits per heavy atom. The van der Waals surface area contributed by atoms with Crippen LogP contribution in [-0.2, 0) is 0 Å². The second-order valence-corrected chi connectivity index (χ2v) is 9.01. The van der Waals surface area contributed by atoms with Gasteiger partial charge in [0.15, 0.2) is 0 Å². The Morgan fingerprint density at radius 2 is 1.40 bits per heavy atom. The predicted octanol–water partition coefficient (Wildman–Crippen LogP) is 7.73. The van der Waals surface area contributed by atoms with E-state index in [-0.39, 0.29) is 0 Å². The molecule has 164 valence electrons. The van der Waals surface area contributed by atoms with Crippen LogP contribution in [0.15, 0.2) is 115 Å². The summed E-state index contributed by atoms with van der Waals surface area (Å²) in [6.45, 7) is 0. The molecule has 0 radical (unpaired) electrons. The number of fused-ring (bicyclic) bond motifs is 8. The van der Waals surface area contributed by atoms with Gasteiger partial charge in [0.05, 0.1) is 27.6 Å². The molecule has 0 aliphatic heterocycles. The van der Waals surface area contributed by atoms with Gasteiger partial charge < -0.3 is 4.98 Å². The van der Waals surface area contributed by atoms with E-state index >= 15 is 0 Å². The summed E-state index contributed by atoms with van der Waals surface area (Å²) in [6.07, 6.45) is 0. The zero-order valence-electron chi connectivity index (χ0n) is 18.8. The molecular weight excluding hydrogens is 428 g/mol. The Labute approximate surface area is 200 Å². The lowest BCUT2D eigenvalue weighted by atomic mass is 10.0. The van der Waals surface area contributed by atoms with Gasteiger partial charge in [-0.25, -0.2) is 4.98 Å². The van der Waals surface area contributed by atoms with Crippen LogP contribution < -0.4 is 0 Å². The third-order valence-corrected chi connectivity index (χ3v) is 7.07. The maximum atomic E-state index is 5.03. The second-order valence-electron chi connectivity index (χ2n) is 9.01. The highest BCUT2D eigenvalue weighted by Gasteiger charge is 2.18. The number of rotatable bonds is 2. The van der Waals surface area contributed by atoms with Gasteiger partial charge in [0.2, 0.25) is 5.78 Å². The molecule has 4 nitrogen and oxygen atoms in total. The molecule has 0 bridgehead atoms. The number of hydrogen-bond donors (Lipinski definition) is 1. The molecule has 0 fully saturated rings. The molecular formula is C31H20N4. The first-order chi connectivity index (χ1) is 17.4. The van der Waals surface area contributed by atoms with Gasteiger partial charge >= 0.3 is 0 Å². The molecule has 0 unspecified atom stereocenters. The standard InChI is InChI=1S/C31H20N4/c1-2-9-21(10-3-1)34-28-18-17-20(19-29(28)35-27-16-7-6-15-26(27)33-31(34)35)22-12-8-13-24-23-11-4-5-14-25(23)32-30(22)24/h1-19,32H. The number of nitrogens with zero attached hydrogens (tertiary/aromatic N) is 3. The molecule has 3 aromatic heterocycles. The van der Waals surface area contributed by atoms with Gasteiger partial charge in [-0.15, -0.1) is 0 Å². The molecule has 8 aromatic rings. The smallest absolute Gasteiger partial charge is 0.220 e. The fraction of sp³-hybridized carbons (Fsp3) is 0. The molecule has 0 amide bonds. The summed E-state index contributed by atoms with van der Waals surface area (Å²) in [4.78, 5) is 8.69. The number of hydrogen-bond acceptors (Lipinski definition) is 1. The molecule has 0 aliphatic carbocycles. The van der Waals surface area contributed by atoms with Gasteiger partial charge in [-0.2, -0.15) is 0 Å². The van der Waals surface area contributed by atoms with E-state index in [1.165, 1.54) is 27.4 Å². The minimum Gasteiger partial charge on any atom is -0.354 e. The van der Waals surface area contributed by atoms with Crippen molar-refractivity contribution in [3.05, 3.63) is 115 Å². The Morgan fingerprint density at radius 1 is 0.600 bits per heavy atom. The monoisotopic (exact) mass is 448 g/mol. The Bertz CT molecular complexity index is 2050. The van der Waals surface area contributed by atoms with Crippen molar-refractivity contribution in [2.45, 2.75) is 0 Å². The number of aromatic nitrogens is 4. The highest BCUT2D eigenvalue weighted by Crippen LogP contribution is 2.36. The summed E-state index contributed by atoms with van der Waals surface area (Å²) in [5.41, 5.74) is 10.2. The van der Waals surface area contributed by atoms with Crippen molar-refractivity contribution in [2.24, 2.45) is 0 Å². The Kier molecular flexibility index (Phi) is 3.63. The van der Waals surface area contributed by atoms with Crippen LogP contribution in [0, 0.1) is 0 Å². The minimum atomic E-state index is 0.924. The average molecular weight is 449 g/mol. The van der Waals surface area contributed by atoms with E-state index in [2.05, 4.69) is 117 Å². The average Bonchev–Trinajstić information content (AvgIpc) is 3.57. The zero-order chi connectivity index (χ0) is 22.9. The quantitative estimate of drug-likeness (QED) is 0.289. The van der Waals surface area contributed by atoms with Crippen LogP contribution in [0.2, 0.25) is 0 Å². The molecule has 8 rings (SSSR count). The fourth-order valence-electron chi connectivity index (χ4n) is 5.51. The molecule has 0 saturated heterocycles. The topological polar surface area (TPSA) is 38.0 Å². The molecule has 4 heteroatoms. The van der Waals surface area contributed by atoms with E-state index in [1.54, 1.807) is 0 Å². The van der Waals surface area contributed by atoms with Gasteiger partial charge in [-0.05, 0) is 48.0 Å². The van der Waals surface area contributed by atoms with Crippen molar-refractivity contribution in [3.63, 3.8) is 0 Å². The van der Waals surface area contributed by atoms with Crippen molar-refractivity contribution in [1.29, 1.82) is 0 Å². The third-order valence-electron chi connectivity index (χ3n) is 7.07. The number of imidazole rings is 2. The van der Waals surface area contributed by atoms with E-state index in [4.69, 9.17) is 4.98 Å². The van der Waals surface area contributed by atoms with Crippen LogP contribution in [0.3, 0.4) is 0 Å². The van der Waals surface area contributed by atoms with E-state index in [0.29, 0.717) is 0 Å². The molecule has 0 atom stereocenters. The van der Waals surface area contributed by atoms with Crippen molar-refractivity contribution >= 4 is 49.7 Å². The van der Waals surface area contributed by atoms with E-state index < -0.39 is 0 Å². The van der Waals surface area contributed by atoms with Crippen LogP contribution in [0.1, 0.15) is 0 Å². The summed E-state index contributed by atoms with van der Waals surface area (Å²) in [5.74, 6) is 0.924. The summed E-state index contributed by atoms with van der Waals surface area (Å²) in [5, 5.41) is 2.50. The van der Waals surface area contributed by atoms with Crippen molar-refractivity contribution in [3.8, 4) is 16.8 Å². The van der Waals surface area contributed by atoms with Crippen molar-refractivity contribution in [2.75, 3.05) is 0 Å². The van der Waals surface area contributed by atoms with E-state index in [1.807, 2.05) is 12.1 Å². The molecule has 0 aliphatic rings. The molecule has 35 heavy (non-hydrogen) atoms. The SMILES string of the molecule is c1ccc(-n2c3ccc(-c4cccc5c4[nH]c4ccccc45)cc3n3c4ccccc4nc23)cc1. The number of H-pyrrole nitrogens is 1. The van der Waals surface area contributed by atoms with Crippen LogP contribution in [-0.4, -0.2) is 18.9 Å². The largest absolute Gasteiger partial charge is 0.354 e. The van der Waals surface area contributed by atoms with Crippen LogP contribution in [0.25, 0.3) is 66.5 Å². The van der Waals surface area contributed by atoms with Crippen LogP contribution >= 0.6 is 0 Å². The Hall–Kier alpha value is -4.83. The van der Waals surface area contributed by atoms with E-state index in [9.17, 15) is 0 Å². The first-order valence-electron chi connectivity index (χ1n) is 11.8. The second kappa shape index (κ2) is 6.84. The molecule has 1 N–H and O–H groups in total. The number of para-hydroxylation sites is 5. The normalized spacial score (nSPS) is 12.0. The van der Waals surface area contributed by atoms with Crippen molar-refractivity contribution in [1.82, 2.24) is 18.9 Å². The summed E-state index contributed by atoms with van der Waals surface area (Å²) < 4.78 is 4.54. The summed E-state index contributed by atoms with van der Waals surface area (Å²) in [6, 6.07) is 40.6. The van der Waals surface area contributed by atoms with Gasteiger partial charge in [-0.3, -0.25) is 8.97 Å². The van der Waals surface area contributed by atoms with Crippen molar-refractivity contribution < 1.29 is 0 Å². The first-order valence-corrected chi connectivity index (χ1v) is 11.8. The number of nitrogens with one attached hydrogen (secondary N) is 1. The number of aromatic amines is 1. The lowest BCUT2D eigenvalue weighted by molar-refractivity contribution is 1.11. The minimum absolute atomic E-state index is 0.924. The van der Waals surface area contributed by atoms with Gasteiger partial charge in [0, 0.05) is 27.5 Å². The number of benzene rings is 5. The third kappa shape index (κ3) is 2.53. The van der Waals surface area contributed by atoms with E-state index in [0.717, 1.165) is 39.0 Å². The fourth-order valence-corrected chi connectivity index (χ4v) is 5.51. The highest BCUT2D eigenvalue weighted by molar-refractivity contribution is 6.12. The Balaban J connectivity index is 1.48. The van der Waals surface area contributed by atoms with Gasteiger partial charge in [-0.1, -0.05) is 72.8 Å². The maximum absolute atomic E-state index is 5.03. The molecule has 0 saturated carbocycles. The summed E-state index contributed by atoms with van der Waals surface area (Å²) in [7, 11) is 0. The lowest BCUT2D eigenvalue weighted by Crippen LogP contribution is -1.94. The molecule has 5 aromatic carbocycles. The molecule has 3 heterocycles. The van der Waals surface area contributed by atoms with Gasteiger partial charge in [0.1, 0.15) is 0 Å². The maximum Gasteiger partial charge on any atom is 0.220 e. The predicted molar refractivity (Wildman–Crippen MR) is 144 cm³/mol. The van der Waals surface area contributed by atoms with Crippen LogP contribution in [0.5, 0.6) is 0 Å².